The fourth-order valence-corrected chi connectivity index (χ4v) is 4.96. The second-order valence-corrected chi connectivity index (χ2v) is 7.63. The van der Waals surface area contributed by atoms with E-state index < -0.39 is 0 Å². The zero-order valence-electron chi connectivity index (χ0n) is 13.3. The summed E-state index contributed by atoms with van der Waals surface area (Å²) in [5.74, 6) is 6.15. The maximum Gasteiger partial charge on any atom is 0.170 e. The van der Waals surface area contributed by atoms with Crippen LogP contribution in [0.5, 0.6) is 0 Å². The van der Waals surface area contributed by atoms with Gasteiger partial charge < -0.3 is 13.3 Å². The van der Waals surface area contributed by atoms with Crippen molar-refractivity contribution in [1.29, 1.82) is 0 Å². The van der Waals surface area contributed by atoms with E-state index in [1.165, 1.54) is 16.4 Å². The van der Waals surface area contributed by atoms with Crippen LogP contribution in [0.25, 0.3) is 34.1 Å². The Morgan fingerprint density at radius 3 is 1.96 bits per heavy atom. The Morgan fingerprint density at radius 2 is 1.39 bits per heavy atom. The number of rotatable bonds is 3. The van der Waals surface area contributed by atoms with E-state index in [2.05, 4.69) is 26.3 Å². The maximum absolute atomic E-state index is 6.07. The van der Waals surface area contributed by atoms with Gasteiger partial charge in [0.15, 0.2) is 23.0 Å². The molecular formula is C19H17O3P. The van der Waals surface area contributed by atoms with Gasteiger partial charge in [-0.05, 0) is 73.8 Å². The standard InChI is InChI=1S/C19H17O3P/c1-12-11-23(3)19(13(12)2)18-9-8-17(22-18)16-7-6-15(21-16)14-5-4-10-20-14/h4-11H,1-3H3. The third-order valence-corrected chi connectivity index (χ3v) is 6.17. The maximum atomic E-state index is 6.07. The highest BCUT2D eigenvalue weighted by molar-refractivity contribution is 7.50. The Kier molecular flexibility index (Phi) is 3.32. The summed E-state index contributed by atoms with van der Waals surface area (Å²) in [6, 6.07) is 11.5. The Balaban J connectivity index is 1.71. The van der Waals surface area contributed by atoms with Crippen LogP contribution < -0.4 is 0 Å². The number of hydrogen-bond acceptors (Lipinski definition) is 3. The minimum Gasteiger partial charge on any atom is -0.461 e. The largest absolute Gasteiger partial charge is 0.461 e. The second kappa shape index (κ2) is 5.36. The summed E-state index contributed by atoms with van der Waals surface area (Å²) >= 11 is 0. The number of aryl methyl sites for hydroxylation is 2. The van der Waals surface area contributed by atoms with Gasteiger partial charge in [-0.15, -0.1) is 7.53 Å². The molecule has 4 heteroatoms. The van der Waals surface area contributed by atoms with Gasteiger partial charge >= 0.3 is 0 Å². The molecule has 0 N–H and O–H groups in total. The van der Waals surface area contributed by atoms with Gasteiger partial charge in [0.25, 0.3) is 0 Å². The highest BCUT2D eigenvalue weighted by atomic mass is 31.1. The number of furan rings is 3. The van der Waals surface area contributed by atoms with Gasteiger partial charge in [-0.1, -0.05) is 0 Å². The van der Waals surface area contributed by atoms with Crippen LogP contribution in [-0.2, 0) is 6.66 Å². The summed E-state index contributed by atoms with van der Waals surface area (Å²) < 4.78 is 17.3. The van der Waals surface area contributed by atoms with Crippen LogP contribution >= 0.6 is 7.53 Å². The van der Waals surface area contributed by atoms with E-state index >= 15 is 0 Å². The lowest BCUT2D eigenvalue weighted by molar-refractivity contribution is 0.512. The van der Waals surface area contributed by atoms with E-state index in [-0.39, 0.29) is 7.53 Å². The molecule has 23 heavy (non-hydrogen) atoms. The van der Waals surface area contributed by atoms with Crippen LogP contribution in [0.1, 0.15) is 11.1 Å². The fraction of sp³-hybridized carbons (Fsp3) is 0.158. The lowest BCUT2D eigenvalue weighted by Crippen LogP contribution is -1.75. The van der Waals surface area contributed by atoms with E-state index in [9.17, 15) is 0 Å². The zero-order valence-corrected chi connectivity index (χ0v) is 14.2. The van der Waals surface area contributed by atoms with Crippen LogP contribution in [0.4, 0.5) is 0 Å². The Labute approximate surface area is 135 Å². The van der Waals surface area contributed by atoms with E-state index in [0.29, 0.717) is 17.3 Å². The van der Waals surface area contributed by atoms with Crippen LogP contribution in [0.3, 0.4) is 0 Å². The molecule has 0 aliphatic rings. The molecule has 0 spiro atoms. The van der Waals surface area contributed by atoms with Crippen LogP contribution in [0.15, 0.2) is 61.7 Å². The molecule has 1 unspecified atom stereocenters. The molecule has 0 aliphatic heterocycles. The molecule has 0 saturated carbocycles. The van der Waals surface area contributed by atoms with Crippen molar-refractivity contribution in [1.82, 2.24) is 0 Å². The Bertz CT molecular complexity index is 951. The minimum absolute atomic E-state index is 0.285. The minimum atomic E-state index is -0.285. The molecule has 0 aromatic carbocycles. The van der Waals surface area contributed by atoms with Gasteiger partial charge in [0.1, 0.15) is 5.76 Å². The number of hydrogen-bond donors (Lipinski definition) is 0. The van der Waals surface area contributed by atoms with Crippen molar-refractivity contribution in [2.24, 2.45) is 6.66 Å². The third kappa shape index (κ3) is 2.38. The first-order chi connectivity index (χ1) is 11.1. The molecule has 3 nitrogen and oxygen atoms in total. The van der Waals surface area contributed by atoms with Crippen molar-refractivity contribution in [2.45, 2.75) is 13.8 Å². The monoisotopic (exact) mass is 324 g/mol. The quantitative estimate of drug-likeness (QED) is 0.426. The molecular weight excluding hydrogens is 307 g/mol. The van der Waals surface area contributed by atoms with E-state index in [4.69, 9.17) is 13.3 Å². The Hall–Kier alpha value is -2.38. The summed E-state index contributed by atoms with van der Waals surface area (Å²) in [6.45, 7) is 6.58. The van der Waals surface area contributed by atoms with Gasteiger partial charge in [-0.3, -0.25) is 0 Å². The molecule has 4 aromatic rings. The summed E-state index contributed by atoms with van der Waals surface area (Å²) in [4.78, 5) is 0. The van der Waals surface area contributed by atoms with Crippen molar-refractivity contribution in [3.8, 4) is 34.1 Å². The average Bonchev–Trinajstić information content (AvgIpc) is 3.27. The Morgan fingerprint density at radius 1 is 0.783 bits per heavy atom. The van der Waals surface area contributed by atoms with Crippen LogP contribution in [0, 0.1) is 13.8 Å². The lowest BCUT2D eigenvalue weighted by atomic mass is 10.2. The lowest BCUT2D eigenvalue weighted by Gasteiger charge is -2.00. The van der Waals surface area contributed by atoms with Crippen molar-refractivity contribution < 1.29 is 13.3 Å². The molecule has 116 valence electrons. The molecule has 0 radical (unpaired) electrons. The van der Waals surface area contributed by atoms with Crippen molar-refractivity contribution in [3.63, 3.8) is 0 Å². The van der Waals surface area contributed by atoms with Gasteiger partial charge in [0, 0.05) is 5.30 Å². The average molecular weight is 324 g/mol. The molecule has 0 saturated heterocycles. The molecule has 4 rings (SSSR count). The zero-order chi connectivity index (χ0) is 16.0. The highest BCUT2D eigenvalue weighted by Crippen LogP contribution is 2.45. The van der Waals surface area contributed by atoms with Gasteiger partial charge in [-0.25, -0.2) is 0 Å². The molecule has 1 atom stereocenters. The van der Waals surface area contributed by atoms with Crippen LogP contribution in [0.2, 0.25) is 0 Å². The molecule has 0 aliphatic carbocycles. The first-order valence-electron chi connectivity index (χ1n) is 7.50. The predicted molar refractivity (Wildman–Crippen MR) is 92.7 cm³/mol. The highest BCUT2D eigenvalue weighted by Gasteiger charge is 2.16. The SMILES string of the molecule is Cc1cp(C)c(-c2ccc(-c3ccc(-c4ccco4)o3)o2)c1C. The van der Waals surface area contributed by atoms with E-state index in [1.54, 1.807) is 6.26 Å². The topological polar surface area (TPSA) is 39.4 Å². The normalized spacial score (nSPS) is 12.0. The van der Waals surface area contributed by atoms with E-state index in [1.807, 2.05) is 36.4 Å². The summed E-state index contributed by atoms with van der Waals surface area (Å²) in [7, 11) is -0.285. The van der Waals surface area contributed by atoms with Gasteiger partial charge in [0.2, 0.25) is 0 Å². The third-order valence-electron chi connectivity index (χ3n) is 4.14. The molecule has 0 bridgehead atoms. The van der Waals surface area contributed by atoms with Crippen LogP contribution in [-0.4, -0.2) is 0 Å². The molecule has 4 heterocycles. The van der Waals surface area contributed by atoms with Gasteiger partial charge in [0.05, 0.1) is 6.26 Å². The predicted octanol–water partition coefficient (Wildman–Crippen LogP) is 6.61. The second-order valence-electron chi connectivity index (χ2n) is 5.70. The molecule has 0 fully saturated rings. The van der Waals surface area contributed by atoms with Crippen molar-refractivity contribution >= 4 is 7.53 Å². The molecule has 0 amide bonds. The van der Waals surface area contributed by atoms with Crippen molar-refractivity contribution in [2.75, 3.05) is 0 Å². The smallest absolute Gasteiger partial charge is 0.170 e. The summed E-state index contributed by atoms with van der Waals surface area (Å²) in [6.07, 6.45) is 1.64. The van der Waals surface area contributed by atoms with E-state index in [0.717, 1.165) is 11.5 Å². The fourth-order valence-electron chi connectivity index (χ4n) is 2.88. The first-order valence-corrected chi connectivity index (χ1v) is 9.36. The first kappa shape index (κ1) is 14.2. The van der Waals surface area contributed by atoms with Gasteiger partial charge in [-0.2, -0.15) is 0 Å². The summed E-state index contributed by atoms with van der Waals surface area (Å²) in [5, 5.41) is 1.32. The van der Waals surface area contributed by atoms with Crippen molar-refractivity contribution in [3.05, 3.63) is 59.6 Å². The summed E-state index contributed by atoms with van der Waals surface area (Å²) in [5.41, 5.74) is 2.68. The molecule has 4 aromatic heterocycles.